The Balaban J connectivity index is 1.83. The highest BCUT2D eigenvalue weighted by Crippen LogP contribution is 2.35. The van der Waals surface area contributed by atoms with Gasteiger partial charge in [0.15, 0.2) is 12.6 Å². The molecule has 0 aliphatic carbocycles. The summed E-state index contributed by atoms with van der Waals surface area (Å²) in [5, 5.41) is 112. The highest BCUT2D eigenvalue weighted by molar-refractivity contribution is 5.76. The number of carboxylic acids is 1. The van der Waals surface area contributed by atoms with E-state index in [-0.39, 0.29) is 13.2 Å². The van der Waals surface area contributed by atoms with Gasteiger partial charge in [-0.1, -0.05) is 5.11 Å². The van der Waals surface area contributed by atoms with Crippen molar-refractivity contribution in [1.82, 2.24) is 10.6 Å². The summed E-state index contributed by atoms with van der Waals surface area (Å²) in [4.78, 5) is 38.8. The van der Waals surface area contributed by atoms with Crippen LogP contribution in [0, 0.1) is 0 Å². The van der Waals surface area contributed by atoms with E-state index in [2.05, 4.69) is 20.7 Å². The minimum absolute atomic E-state index is 0.149. The number of rotatable bonds is 16. The Kier molecular flexibility index (Phi) is 15.6. The van der Waals surface area contributed by atoms with Crippen LogP contribution >= 0.6 is 0 Å². The minimum Gasteiger partial charge on any atom is -0.477 e. The molecule has 3 heterocycles. The van der Waals surface area contributed by atoms with E-state index < -0.39 is 142 Å². The molecule has 0 aromatic heterocycles. The lowest BCUT2D eigenvalue weighted by Crippen LogP contribution is -2.69. The molecule has 0 saturated carbocycles. The number of aliphatic hydroxyl groups excluding tert-OH is 9. The maximum atomic E-state index is 12.5. The van der Waals surface area contributed by atoms with E-state index >= 15 is 0 Å². The number of nitrogens with zero attached hydrogens (tertiary/aromatic N) is 3. The maximum absolute atomic E-state index is 12.5. The quantitative estimate of drug-likeness (QED) is 0.0302. The molecular formula is C27H45N5O19. The number of ether oxygens (including phenoxy) is 6. The van der Waals surface area contributed by atoms with Gasteiger partial charge in [0.05, 0.1) is 38.6 Å². The smallest absolute Gasteiger partial charge is 0.364 e. The molecule has 24 nitrogen and oxygen atoms in total. The average molecular weight is 744 g/mol. The van der Waals surface area contributed by atoms with Crippen molar-refractivity contribution in [3.05, 3.63) is 10.4 Å². The summed E-state index contributed by atoms with van der Waals surface area (Å²) in [5.41, 5.74) is 8.47. The Morgan fingerprint density at radius 2 is 1.57 bits per heavy atom. The molecule has 3 saturated heterocycles. The fourth-order valence-electron chi connectivity index (χ4n) is 5.84. The number of aliphatic hydroxyl groups is 9. The van der Waals surface area contributed by atoms with E-state index in [1.807, 2.05) is 0 Å². The molecule has 51 heavy (non-hydrogen) atoms. The third kappa shape index (κ3) is 10.2. The minimum atomic E-state index is -2.86. The van der Waals surface area contributed by atoms with Crippen molar-refractivity contribution in [3.8, 4) is 0 Å². The maximum Gasteiger partial charge on any atom is 0.364 e. The molecule has 292 valence electrons. The first-order valence-electron chi connectivity index (χ1n) is 15.7. The molecule has 24 heteroatoms. The molecule has 3 aliphatic rings. The van der Waals surface area contributed by atoms with Crippen LogP contribution in [0.3, 0.4) is 0 Å². The van der Waals surface area contributed by atoms with Crippen molar-refractivity contribution in [2.75, 3.05) is 33.0 Å². The van der Waals surface area contributed by atoms with Gasteiger partial charge in [-0.25, -0.2) is 4.79 Å². The summed E-state index contributed by atoms with van der Waals surface area (Å²) in [6.45, 7) is -1.04. The molecule has 0 bridgehead atoms. The second kappa shape index (κ2) is 18.7. The van der Waals surface area contributed by atoms with Crippen molar-refractivity contribution < 1.29 is 93.9 Å². The molecule has 0 radical (unpaired) electrons. The fourth-order valence-corrected chi connectivity index (χ4v) is 5.84. The van der Waals surface area contributed by atoms with Gasteiger partial charge in [0.25, 0.3) is 5.79 Å². The standard InChI is InChI=1S/C27H45N5O19/c1-9(35)30-15-11(37)5-27(26(44)45,51-23(15)17(39)12(38)6-33)47-8-14-18(40)20(42)21(43)25(49-14)50-22-13(7-34)48-24(46-4-3-29-32-28)16(19(22)41)31-10(2)36/h11-25,33-34,37-43H,3-8H2,1-2H3,(H,30,35)(H,31,36)(H,44,45)/t11-,12-,13+,14+,15+,16+,17+,18-,19+,20-,21+,22+,23+,24+,25-,27+/m0/s1. The Morgan fingerprint density at radius 1 is 0.941 bits per heavy atom. The summed E-state index contributed by atoms with van der Waals surface area (Å²) >= 11 is 0. The Hall–Kier alpha value is -2.88. The third-order valence-corrected chi connectivity index (χ3v) is 8.39. The topological polar surface area (TPSA) is 382 Å². The molecular weight excluding hydrogens is 698 g/mol. The van der Waals surface area contributed by atoms with Gasteiger partial charge in [-0.2, -0.15) is 0 Å². The van der Waals surface area contributed by atoms with E-state index in [1.54, 1.807) is 0 Å². The van der Waals surface area contributed by atoms with Crippen LogP contribution < -0.4 is 10.6 Å². The third-order valence-electron chi connectivity index (χ3n) is 8.39. The lowest BCUT2D eigenvalue weighted by molar-refractivity contribution is -0.360. The zero-order chi connectivity index (χ0) is 38.2. The summed E-state index contributed by atoms with van der Waals surface area (Å²) < 4.78 is 33.4. The van der Waals surface area contributed by atoms with Crippen LogP contribution in [0.1, 0.15) is 20.3 Å². The molecule has 3 aliphatic heterocycles. The van der Waals surface area contributed by atoms with Crippen LogP contribution in [0.2, 0.25) is 0 Å². The van der Waals surface area contributed by atoms with Gasteiger partial charge in [-0.3, -0.25) is 9.59 Å². The van der Waals surface area contributed by atoms with Crippen LogP contribution in [-0.4, -0.2) is 199 Å². The molecule has 0 aromatic rings. The number of azide groups is 1. The second-order valence-electron chi connectivity index (χ2n) is 12.1. The van der Waals surface area contributed by atoms with Crippen molar-refractivity contribution in [2.24, 2.45) is 5.11 Å². The largest absolute Gasteiger partial charge is 0.477 e. The van der Waals surface area contributed by atoms with E-state index in [0.29, 0.717) is 0 Å². The number of hydrogen-bond donors (Lipinski definition) is 12. The van der Waals surface area contributed by atoms with Gasteiger partial charge in [0, 0.05) is 31.7 Å². The zero-order valence-corrected chi connectivity index (χ0v) is 27.4. The lowest BCUT2D eigenvalue weighted by atomic mass is 9.88. The number of hydrogen-bond acceptors (Lipinski definition) is 19. The molecule has 12 N–H and O–H groups in total. The average Bonchev–Trinajstić information content (AvgIpc) is 3.08. The summed E-state index contributed by atoms with van der Waals surface area (Å²) in [7, 11) is 0. The monoisotopic (exact) mass is 743 g/mol. The highest BCUT2D eigenvalue weighted by atomic mass is 16.8. The number of carboxylic acid groups (broad SMARTS) is 1. The molecule has 3 fully saturated rings. The number of nitrogens with one attached hydrogen (secondary N) is 2. The Morgan fingerprint density at radius 3 is 2.14 bits per heavy atom. The highest BCUT2D eigenvalue weighted by Gasteiger charge is 2.57. The van der Waals surface area contributed by atoms with Gasteiger partial charge in [0.1, 0.15) is 67.1 Å². The van der Waals surface area contributed by atoms with Crippen LogP contribution in [0.4, 0.5) is 0 Å². The van der Waals surface area contributed by atoms with Crippen LogP contribution in [-0.2, 0) is 42.8 Å². The van der Waals surface area contributed by atoms with Gasteiger partial charge in [0.2, 0.25) is 11.8 Å². The first-order chi connectivity index (χ1) is 24.0. The van der Waals surface area contributed by atoms with Crippen molar-refractivity contribution in [2.45, 2.75) is 118 Å². The Labute approximate surface area is 289 Å². The van der Waals surface area contributed by atoms with Crippen LogP contribution in [0.15, 0.2) is 5.11 Å². The van der Waals surface area contributed by atoms with E-state index in [0.717, 1.165) is 13.8 Å². The van der Waals surface area contributed by atoms with E-state index in [4.69, 9.17) is 34.0 Å². The van der Waals surface area contributed by atoms with E-state index in [9.17, 15) is 65.4 Å². The fraction of sp³-hybridized carbons (Fsp3) is 0.889. The first-order valence-corrected chi connectivity index (χ1v) is 15.7. The van der Waals surface area contributed by atoms with Crippen LogP contribution in [0.5, 0.6) is 0 Å². The van der Waals surface area contributed by atoms with Crippen LogP contribution in [0.25, 0.3) is 10.4 Å². The summed E-state index contributed by atoms with van der Waals surface area (Å²) in [6.07, 6.45) is -24.6. The molecule has 16 atom stereocenters. The molecule has 0 spiro atoms. The second-order valence-corrected chi connectivity index (χ2v) is 12.1. The Bertz CT molecular complexity index is 1230. The number of carbonyl (C=O) groups is 3. The zero-order valence-electron chi connectivity index (χ0n) is 27.4. The molecule has 3 rings (SSSR count). The predicted octanol–water partition coefficient (Wildman–Crippen LogP) is -6.74. The lowest BCUT2D eigenvalue weighted by Gasteiger charge is -2.48. The van der Waals surface area contributed by atoms with Crippen molar-refractivity contribution in [1.29, 1.82) is 0 Å². The number of amides is 2. The van der Waals surface area contributed by atoms with Crippen molar-refractivity contribution >= 4 is 17.8 Å². The van der Waals surface area contributed by atoms with Gasteiger partial charge in [-0.05, 0) is 5.53 Å². The SMILES string of the molecule is CC(=O)N[C@H]1[C@H](OCCN=[N+]=[N-])O[C@H](CO)[C@@H](O[C@@H]2O[C@H](CO[C@]3(C(=O)O)C[C@H](O)[C@@H](NC(C)=O)[C@H]([C@H](O)[C@@H](O)CO)O3)[C@H](O)[C@H](O)[C@H]2O)[C@@H]1O. The van der Waals surface area contributed by atoms with Gasteiger partial charge < -0.3 is 90.1 Å². The van der Waals surface area contributed by atoms with E-state index in [1.165, 1.54) is 0 Å². The van der Waals surface area contributed by atoms with Gasteiger partial charge >= 0.3 is 5.97 Å². The number of carbonyl (C=O) groups excluding carboxylic acids is 2. The normalized spacial score (nSPS) is 39.6. The summed E-state index contributed by atoms with van der Waals surface area (Å²) in [5.74, 6) is -6.12. The number of aliphatic carboxylic acids is 1. The molecule has 0 unspecified atom stereocenters. The predicted molar refractivity (Wildman–Crippen MR) is 159 cm³/mol. The summed E-state index contributed by atoms with van der Waals surface area (Å²) in [6, 6.07) is -2.86. The molecule has 0 aromatic carbocycles. The first kappa shape index (κ1) is 42.5. The van der Waals surface area contributed by atoms with Crippen molar-refractivity contribution in [3.63, 3.8) is 0 Å². The molecule has 2 amide bonds. The van der Waals surface area contributed by atoms with Gasteiger partial charge in [-0.15, -0.1) is 0 Å².